The van der Waals surface area contributed by atoms with Crippen molar-refractivity contribution in [3.8, 4) is 0 Å². The van der Waals surface area contributed by atoms with E-state index in [1.165, 1.54) is 7.11 Å². The Hall–Kier alpha value is -1.39. The fourth-order valence-corrected chi connectivity index (χ4v) is 2.00. The highest BCUT2D eigenvalue weighted by atomic mass is 16.5. The lowest BCUT2D eigenvalue weighted by Crippen LogP contribution is -2.52. The van der Waals surface area contributed by atoms with Crippen molar-refractivity contribution >= 4 is 17.7 Å². The number of nitrogens with one attached hydrogen (secondary N) is 1. The molecule has 0 aromatic rings. The molecule has 1 N–H and O–H groups in total. The summed E-state index contributed by atoms with van der Waals surface area (Å²) in [5, 5.41) is 2.59. The number of carbonyl (C=O) groups excluding carboxylic acids is 3. The molecule has 14 heavy (non-hydrogen) atoms. The second-order valence-corrected chi connectivity index (χ2v) is 3.75. The molecule has 1 saturated heterocycles. The highest BCUT2D eigenvalue weighted by Crippen LogP contribution is 2.39. The van der Waals surface area contributed by atoms with E-state index in [1.807, 2.05) is 0 Å². The van der Waals surface area contributed by atoms with E-state index in [0.29, 0.717) is 12.8 Å². The van der Waals surface area contributed by atoms with Crippen molar-refractivity contribution in [2.45, 2.75) is 24.8 Å². The third-order valence-electron chi connectivity index (χ3n) is 3.00. The van der Waals surface area contributed by atoms with Crippen LogP contribution in [-0.4, -0.2) is 30.3 Å². The van der Waals surface area contributed by atoms with Crippen LogP contribution in [0.4, 0.5) is 0 Å². The Kier molecular flexibility index (Phi) is 1.83. The predicted molar refractivity (Wildman–Crippen MR) is 45.2 cm³/mol. The fourth-order valence-electron chi connectivity index (χ4n) is 2.00. The van der Waals surface area contributed by atoms with Crippen LogP contribution in [0.1, 0.15) is 19.3 Å². The number of Topliss-reactive ketones (excluding diaryl/α,β-unsaturated/α-hetero) is 1. The minimum absolute atomic E-state index is 0.319. The molecule has 5 nitrogen and oxygen atoms in total. The monoisotopic (exact) mass is 197 g/mol. The zero-order valence-corrected chi connectivity index (χ0v) is 7.83. The Morgan fingerprint density at radius 3 is 2.50 bits per heavy atom. The molecule has 1 aliphatic heterocycles. The standard InChI is InChI=1S/C9H11NO4/c1-14-8(13)5-6(11)9(3-2-4-9)10-7(5)12/h5H,2-4H2,1H3,(H,10,12). The lowest BCUT2D eigenvalue weighted by Gasteiger charge is -2.35. The van der Waals surface area contributed by atoms with Gasteiger partial charge in [0, 0.05) is 0 Å². The van der Waals surface area contributed by atoms with Crippen LogP contribution in [0.15, 0.2) is 0 Å². The molecule has 5 heteroatoms. The second kappa shape index (κ2) is 2.80. The van der Waals surface area contributed by atoms with Crippen molar-refractivity contribution in [3.05, 3.63) is 0 Å². The topological polar surface area (TPSA) is 72.5 Å². The third kappa shape index (κ3) is 0.981. The summed E-state index contributed by atoms with van der Waals surface area (Å²) in [4.78, 5) is 34.3. The highest BCUT2D eigenvalue weighted by Gasteiger charge is 2.58. The molecular formula is C9H11NO4. The first-order valence-corrected chi connectivity index (χ1v) is 4.55. The summed E-state index contributed by atoms with van der Waals surface area (Å²) in [6.45, 7) is 0. The van der Waals surface area contributed by atoms with E-state index < -0.39 is 23.3 Å². The molecule has 1 amide bonds. The molecule has 1 spiro atoms. The maximum absolute atomic E-state index is 11.7. The lowest BCUT2D eigenvalue weighted by molar-refractivity contribution is -0.151. The van der Waals surface area contributed by atoms with Gasteiger partial charge in [0.25, 0.3) is 0 Å². The van der Waals surface area contributed by atoms with Crippen LogP contribution in [0, 0.1) is 5.92 Å². The number of ketones is 1. The number of esters is 1. The summed E-state index contributed by atoms with van der Waals surface area (Å²) in [5.41, 5.74) is -0.740. The Labute approximate surface area is 80.8 Å². The number of hydrogen-bond acceptors (Lipinski definition) is 4. The first kappa shape index (κ1) is 9.18. The molecule has 0 aromatic carbocycles. The summed E-state index contributed by atoms with van der Waals surface area (Å²) in [6.07, 6.45) is 2.20. The number of rotatable bonds is 1. The molecule has 1 aliphatic carbocycles. The minimum Gasteiger partial charge on any atom is -0.468 e. The third-order valence-corrected chi connectivity index (χ3v) is 3.00. The number of hydrogen-bond donors (Lipinski definition) is 1. The van der Waals surface area contributed by atoms with Gasteiger partial charge in [-0.2, -0.15) is 0 Å². The van der Waals surface area contributed by atoms with E-state index in [1.54, 1.807) is 0 Å². The van der Waals surface area contributed by atoms with Gasteiger partial charge >= 0.3 is 5.97 Å². The predicted octanol–water partition coefficient (Wildman–Crippen LogP) is -0.603. The Balaban J connectivity index is 2.24. The largest absolute Gasteiger partial charge is 0.468 e. The van der Waals surface area contributed by atoms with Crippen LogP contribution in [-0.2, 0) is 19.1 Å². The van der Waals surface area contributed by atoms with Gasteiger partial charge in [0.15, 0.2) is 11.7 Å². The lowest BCUT2D eigenvalue weighted by atomic mass is 9.73. The number of ether oxygens (including phenoxy) is 1. The summed E-state index contributed by atoms with van der Waals surface area (Å²) in [5.74, 6) is -2.82. The number of carbonyl (C=O) groups is 3. The van der Waals surface area contributed by atoms with Crippen molar-refractivity contribution < 1.29 is 19.1 Å². The Bertz CT molecular complexity index is 319. The van der Waals surface area contributed by atoms with E-state index in [9.17, 15) is 14.4 Å². The second-order valence-electron chi connectivity index (χ2n) is 3.75. The summed E-state index contributed by atoms with van der Waals surface area (Å²) < 4.78 is 4.42. The van der Waals surface area contributed by atoms with E-state index >= 15 is 0 Å². The van der Waals surface area contributed by atoms with Gasteiger partial charge in [-0.1, -0.05) is 0 Å². The molecule has 2 rings (SSSR count). The highest BCUT2D eigenvalue weighted by molar-refractivity contribution is 6.24. The van der Waals surface area contributed by atoms with Gasteiger partial charge in [0.05, 0.1) is 12.6 Å². The Morgan fingerprint density at radius 2 is 2.14 bits per heavy atom. The van der Waals surface area contributed by atoms with Crippen LogP contribution in [0.3, 0.4) is 0 Å². The molecule has 0 radical (unpaired) electrons. The van der Waals surface area contributed by atoms with E-state index in [4.69, 9.17) is 0 Å². The molecule has 1 unspecified atom stereocenters. The maximum Gasteiger partial charge on any atom is 0.326 e. The molecule has 1 heterocycles. The van der Waals surface area contributed by atoms with Crippen molar-refractivity contribution in [1.82, 2.24) is 5.32 Å². The molecule has 2 fully saturated rings. The van der Waals surface area contributed by atoms with Crippen LogP contribution in [0.2, 0.25) is 0 Å². The van der Waals surface area contributed by atoms with Crippen molar-refractivity contribution in [3.63, 3.8) is 0 Å². The van der Waals surface area contributed by atoms with E-state index in [0.717, 1.165) is 6.42 Å². The molecule has 1 saturated carbocycles. The van der Waals surface area contributed by atoms with Crippen molar-refractivity contribution in [2.75, 3.05) is 7.11 Å². The SMILES string of the molecule is COC(=O)C1C(=O)NC2(CCC2)C1=O. The van der Waals surface area contributed by atoms with Gasteiger partial charge < -0.3 is 10.1 Å². The van der Waals surface area contributed by atoms with Crippen LogP contribution in [0.5, 0.6) is 0 Å². The number of amides is 1. The van der Waals surface area contributed by atoms with E-state index in [-0.39, 0.29) is 5.78 Å². The molecule has 1 atom stereocenters. The zero-order chi connectivity index (χ0) is 10.3. The average Bonchev–Trinajstić information content (AvgIpc) is 2.36. The van der Waals surface area contributed by atoms with Crippen molar-refractivity contribution in [1.29, 1.82) is 0 Å². The van der Waals surface area contributed by atoms with Gasteiger partial charge in [-0.15, -0.1) is 0 Å². The smallest absolute Gasteiger partial charge is 0.326 e. The maximum atomic E-state index is 11.7. The molecular weight excluding hydrogens is 186 g/mol. The van der Waals surface area contributed by atoms with Gasteiger partial charge in [0.2, 0.25) is 5.91 Å². The van der Waals surface area contributed by atoms with Crippen LogP contribution in [0.25, 0.3) is 0 Å². The summed E-state index contributed by atoms with van der Waals surface area (Å²) >= 11 is 0. The molecule has 0 aromatic heterocycles. The average molecular weight is 197 g/mol. The van der Waals surface area contributed by atoms with Crippen molar-refractivity contribution in [2.24, 2.45) is 5.92 Å². The van der Waals surface area contributed by atoms with Crippen LogP contribution >= 0.6 is 0 Å². The van der Waals surface area contributed by atoms with Crippen LogP contribution < -0.4 is 5.32 Å². The quantitative estimate of drug-likeness (QED) is 0.450. The summed E-state index contributed by atoms with van der Waals surface area (Å²) in [6, 6.07) is 0. The van der Waals surface area contributed by atoms with E-state index in [2.05, 4.69) is 10.1 Å². The fraction of sp³-hybridized carbons (Fsp3) is 0.667. The first-order chi connectivity index (χ1) is 6.60. The minimum atomic E-state index is -1.24. The Morgan fingerprint density at radius 1 is 1.50 bits per heavy atom. The van der Waals surface area contributed by atoms with Gasteiger partial charge in [-0.05, 0) is 19.3 Å². The summed E-state index contributed by atoms with van der Waals surface area (Å²) in [7, 11) is 1.18. The normalized spacial score (nSPS) is 28.5. The van der Waals surface area contributed by atoms with Gasteiger partial charge in [0.1, 0.15) is 0 Å². The number of methoxy groups -OCH3 is 1. The van der Waals surface area contributed by atoms with Gasteiger partial charge in [-0.3, -0.25) is 14.4 Å². The first-order valence-electron chi connectivity index (χ1n) is 4.55. The molecule has 0 bridgehead atoms. The van der Waals surface area contributed by atoms with Gasteiger partial charge in [-0.25, -0.2) is 0 Å². The zero-order valence-electron chi connectivity index (χ0n) is 7.83. The molecule has 76 valence electrons. The molecule has 2 aliphatic rings.